The number of rotatable bonds is 7. The highest BCUT2D eigenvalue weighted by Gasteiger charge is 2.30. The smallest absolute Gasteiger partial charge is 0.263 e. The number of likely N-dealkylation sites (N-methyl/N-ethyl adjacent to an activating group) is 2. The molecular formula is C24H27N5O2S. The Balaban J connectivity index is 1.69. The van der Waals surface area contributed by atoms with Crippen LogP contribution in [-0.2, 0) is 0 Å². The second kappa shape index (κ2) is 10.0. The lowest BCUT2D eigenvalue weighted by atomic mass is 10.1. The van der Waals surface area contributed by atoms with Gasteiger partial charge in [0.15, 0.2) is 5.16 Å². The van der Waals surface area contributed by atoms with Gasteiger partial charge < -0.3 is 19.9 Å². The summed E-state index contributed by atoms with van der Waals surface area (Å²) < 4.78 is 6.46. The summed E-state index contributed by atoms with van der Waals surface area (Å²) in [4.78, 5) is 26.2. The Bertz CT molecular complexity index is 1080. The monoisotopic (exact) mass is 449 g/mol. The molecule has 166 valence electrons. The molecule has 0 saturated carbocycles. The Morgan fingerprint density at radius 3 is 2.62 bits per heavy atom. The van der Waals surface area contributed by atoms with Crippen molar-refractivity contribution in [2.24, 2.45) is 0 Å². The number of hydrogen-bond acceptors (Lipinski definition) is 7. The minimum absolute atomic E-state index is 0.127. The maximum Gasteiger partial charge on any atom is 0.263 e. The zero-order valence-electron chi connectivity index (χ0n) is 18.5. The first-order valence-electron chi connectivity index (χ1n) is 10.5. The molecule has 0 fully saturated rings. The number of nitrogens with zero attached hydrogens (tertiary/aromatic N) is 4. The average Bonchev–Trinajstić information content (AvgIpc) is 2.96. The van der Waals surface area contributed by atoms with E-state index < -0.39 is 0 Å². The number of para-hydroxylation sites is 2. The van der Waals surface area contributed by atoms with Gasteiger partial charge >= 0.3 is 0 Å². The maximum atomic E-state index is 13.6. The Kier molecular flexibility index (Phi) is 6.92. The fourth-order valence-corrected chi connectivity index (χ4v) is 4.08. The zero-order chi connectivity index (χ0) is 22.5. The molecule has 7 nitrogen and oxygen atoms in total. The molecule has 0 aliphatic carbocycles. The van der Waals surface area contributed by atoms with Gasteiger partial charge in [-0.15, -0.1) is 0 Å². The van der Waals surface area contributed by atoms with Crippen LogP contribution in [0.5, 0.6) is 5.75 Å². The van der Waals surface area contributed by atoms with Gasteiger partial charge in [-0.25, -0.2) is 9.97 Å². The molecule has 3 aromatic rings. The third-order valence-electron chi connectivity index (χ3n) is 5.41. The van der Waals surface area contributed by atoms with Crippen molar-refractivity contribution in [1.29, 1.82) is 0 Å². The standard InChI is InChI=1S/C24H27N5O2S/c1-25-16-21(17-9-5-4-6-10-17)31-20-12-8-7-11-19(20)29-14-13-28(2)22-18(23(29)30)15-26-24(27-22)32-3/h4-12,15,21,25H,13-14,16H2,1-3H3. The SMILES string of the molecule is CNCC(Oc1ccccc1N1CCN(C)c2nc(SC)ncc2C1=O)c1ccccc1. The second-order valence-corrected chi connectivity index (χ2v) is 8.29. The van der Waals surface area contributed by atoms with Gasteiger partial charge in [-0.05, 0) is 31.0 Å². The molecule has 1 N–H and O–H groups in total. The Morgan fingerprint density at radius 2 is 1.88 bits per heavy atom. The zero-order valence-corrected chi connectivity index (χ0v) is 19.3. The fraction of sp³-hybridized carbons (Fsp3) is 0.292. The van der Waals surface area contributed by atoms with Gasteiger partial charge in [0.25, 0.3) is 5.91 Å². The van der Waals surface area contributed by atoms with E-state index in [-0.39, 0.29) is 12.0 Å². The van der Waals surface area contributed by atoms with Crippen molar-refractivity contribution < 1.29 is 9.53 Å². The molecule has 0 bridgehead atoms. The van der Waals surface area contributed by atoms with Crippen molar-refractivity contribution in [1.82, 2.24) is 15.3 Å². The van der Waals surface area contributed by atoms with Gasteiger partial charge in [0.2, 0.25) is 0 Å². The largest absolute Gasteiger partial charge is 0.482 e. The number of anilines is 2. The van der Waals surface area contributed by atoms with Gasteiger partial charge in [-0.1, -0.05) is 54.2 Å². The van der Waals surface area contributed by atoms with Crippen LogP contribution in [0.1, 0.15) is 22.0 Å². The number of carbonyl (C=O) groups excluding carboxylic acids is 1. The topological polar surface area (TPSA) is 70.6 Å². The van der Waals surface area contributed by atoms with Crippen molar-refractivity contribution in [3.05, 3.63) is 71.9 Å². The molecule has 1 atom stereocenters. The lowest BCUT2D eigenvalue weighted by Gasteiger charge is -2.26. The van der Waals surface area contributed by atoms with Gasteiger partial charge in [-0.3, -0.25) is 4.79 Å². The Labute approximate surface area is 192 Å². The molecule has 1 aliphatic heterocycles. The van der Waals surface area contributed by atoms with E-state index in [1.54, 1.807) is 11.1 Å². The summed E-state index contributed by atoms with van der Waals surface area (Å²) in [5.74, 6) is 1.20. The number of nitrogens with one attached hydrogen (secondary N) is 1. The van der Waals surface area contributed by atoms with Crippen molar-refractivity contribution in [3.8, 4) is 5.75 Å². The van der Waals surface area contributed by atoms with Crippen LogP contribution in [0, 0.1) is 0 Å². The van der Waals surface area contributed by atoms with Crippen LogP contribution < -0.4 is 19.9 Å². The number of ether oxygens (including phenoxy) is 1. The molecule has 1 unspecified atom stereocenters. The lowest BCUT2D eigenvalue weighted by molar-refractivity contribution is 0.0987. The predicted octanol–water partition coefficient (Wildman–Crippen LogP) is 3.63. The maximum absolute atomic E-state index is 13.6. The lowest BCUT2D eigenvalue weighted by Crippen LogP contribution is -2.34. The van der Waals surface area contributed by atoms with Crippen molar-refractivity contribution in [2.45, 2.75) is 11.3 Å². The van der Waals surface area contributed by atoms with E-state index in [0.717, 1.165) is 11.3 Å². The molecule has 8 heteroatoms. The Morgan fingerprint density at radius 1 is 1.12 bits per heavy atom. The molecule has 0 radical (unpaired) electrons. The highest BCUT2D eigenvalue weighted by Crippen LogP contribution is 2.35. The molecule has 0 saturated heterocycles. The average molecular weight is 450 g/mol. The normalized spacial score (nSPS) is 14.7. The molecule has 1 aromatic heterocycles. The summed E-state index contributed by atoms with van der Waals surface area (Å²) >= 11 is 1.46. The van der Waals surface area contributed by atoms with Crippen molar-refractivity contribution in [3.63, 3.8) is 0 Å². The molecular weight excluding hydrogens is 422 g/mol. The number of fused-ring (bicyclic) bond motifs is 1. The van der Waals surface area contributed by atoms with E-state index in [4.69, 9.17) is 4.74 Å². The quantitative estimate of drug-likeness (QED) is 0.436. The number of amides is 1. The number of aromatic nitrogens is 2. The summed E-state index contributed by atoms with van der Waals surface area (Å²) in [6, 6.07) is 17.8. The van der Waals surface area contributed by atoms with E-state index in [1.165, 1.54) is 11.8 Å². The van der Waals surface area contributed by atoms with Gasteiger partial charge in [0, 0.05) is 32.9 Å². The molecule has 4 rings (SSSR count). The molecule has 0 spiro atoms. The fourth-order valence-electron chi connectivity index (χ4n) is 3.74. The summed E-state index contributed by atoms with van der Waals surface area (Å²) in [6.07, 6.45) is 3.36. The van der Waals surface area contributed by atoms with E-state index in [1.807, 2.05) is 79.8 Å². The van der Waals surface area contributed by atoms with Crippen molar-refractivity contribution in [2.75, 3.05) is 49.8 Å². The van der Waals surface area contributed by atoms with Crippen LogP contribution in [0.15, 0.2) is 66.0 Å². The summed E-state index contributed by atoms with van der Waals surface area (Å²) in [7, 11) is 3.85. The minimum Gasteiger partial charge on any atom is -0.482 e. The van der Waals surface area contributed by atoms with Gasteiger partial charge in [0.05, 0.1) is 5.69 Å². The number of benzene rings is 2. The first kappa shape index (κ1) is 22.1. The van der Waals surface area contributed by atoms with Crippen LogP contribution in [0.25, 0.3) is 0 Å². The molecule has 2 aromatic carbocycles. The molecule has 1 aliphatic rings. The number of thioether (sulfide) groups is 1. The molecule has 32 heavy (non-hydrogen) atoms. The first-order valence-corrected chi connectivity index (χ1v) is 11.7. The number of carbonyl (C=O) groups is 1. The highest BCUT2D eigenvalue weighted by atomic mass is 32.2. The van der Waals surface area contributed by atoms with Crippen molar-refractivity contribution >= 4 is 29.2 Å². The van der Waals surface area contributed by atoms with Crippen LogP contribution in [0.3, 0.4) is 0 Å². The summed E-state index contributed by atoms with van der Waals surface area (Å²) in [5.41, 5.74) is 2.30. The summed E-state index contributed by atoms with van der Waals surface area (Å²) in [6.45, 7) is 1.81. The first-order chi connectivity index (χ1) is 15.6. The minimum atomic E-state index is -0.188. The third kappa shape index (κ3) is 4.56. The predicted molar refractivity (Wildman–Crippen MR) is 129 cm³/mol. The Hall–Kier alpha value is -3.10. The van der Waals surface area contributed by atoms with E-state index in [9.17, 15) is 4.79 Å². The van der Waals surface area contributed by atoms with E-state index >= 15 is 0 Å². The third-order valence-corrected chi connectivity index (χ3v) is 5.97. The summed E-state index contributed by atoms with van der Waals surface area (Å²) in [5, 5.41) is 3.85. The van der Waals surface area contributed by atoms with Crippen LogP contribution in [0.2, 0.25) is 0 Å². The van der Waals surface area contributed by atoms with Crippen LogP contribution in [0.4, 0.5) is 11.5 Å². The highest BCUT2D eigenvalue weighted by molar-refractivity contribution is 7.98. The van der Waals surface area contributed by atoms with E-state index in [0.29, 0.717) is 41.9 Å². The van der Waals surface area contributed by atoms with Gasteiger partial charge in [0.1, 0.15) is 23.2 Å². The number of hydrogen-bond donors (Lipinski definition) is 1. The van der Waals surface area contributed by atoms with E-state index in [2.05, 4.69) is 15.3 Å². The molecule has 1 amide bonds. The second-order valence-electron chi connectivity index (χ2n) is 7.51. The van der Waals surface area contributed by atoms with Crippen LogP contribution in [-0.4, -0.2) is 55.9 Å². The van der Waals surface area contributed by atoms with Gasteiger partial charge in [-0.2, -0.15) is 0 Å². The van der Waals surface area contributed by atoms with Crippen LogP contribution >= 0.6 is 11.8 Å². The molecule has 2 heterocycles.